The Morgan fingerprint density at radius 3 is 2.65 bits per heavy atom. The molecule has 1 atom stereocenters. The lowest BCUT2D eigenvalue weighted by atomic mass is 9.89. The summed E-state index contributed by atoms with van der Waals surface area (Å²) < 4.78 is 18.0. The Balaban J connectivity index is 1.69. The summed E-state index contributed by atoms with van der Waals surface area (Å²) in [5.41, 5.74) is 2.13. The molecule has 1 unspecified atom stereocenters. The van der Waals surface area contributed by atoms with E-state index in [1.54, 1.807) is 24.3 Å². The first-order valence-electron chi connectivity index (χ1n) is 8.02. The minimum absolute atomic E-state index is 0.00570. The van der Waals surface area contributed by atoms with E-state index in [1.807, 2.05) is 0 Å². The predicted molar refractivity (Wildman–Crippen MR) is 92.0 cm³/mol. The van der Waals surface area contributed by atoms with Crippen molar-refractivity contribution in [2.24, 2.45) is 0 Å². The monoisotopic (exact) mass is 356 g/mol. The van der Waals surface area contributed by atoms with Crippen LogP contribution in [0, 0.1) is 5.82 Å². The lowest BCUT2D eigenvalue weighted by Gasteiger charge is -2.25. The van der Waals surface area contributed by atoms with Crippen LogP contribution in [-0.4, -0.2) is 24.9 Å². The van der Waals surface area contributed by atoms with Gasteiger partial charge in [0, 0.05) is 18.7 Å². The summed E-state index contributed by atoms with van der Waals surface area (Å²) in [6.45, 7) is 0.245. The van der Waals surface area contributed by atoms with Crippen LogP contribution in [0.2, 0.25) is 0 Å². The van der Waals surface area contributed by atoms with Gasteiger partial charge in [-0.2, -0.15) is 0 Å². The largest absolute Gasteiger partial charge is 0.465 e. The fourth-order valence-electron chi connectivity index (χ4n) is 2.86. The topological polar surface area (TPSA) is 84.5 Å². The first-order chi connectivity index (χ1) is 12.5. The van der Waals surface area contributed by atoms with E-state index in [1.165, 1.54) is 25.3 Å². The lowest BCUT2D eigenvalue weighted by molar-refractivity contribution is -0.126. The Labute approximate surface area is 149 Å². The van der Waals surface area contributed by atoms with Gasteiger partial charge in [0.05, 0.1) is 18.6 Å². The maximum absolute atomic E-state index is 13.3. The zero-order valence-corrected chi connectivity index (χ0v) is 14.0. The van der Waals surface area contributed by atoms with E-state index in [9.17, 15) is 18.8 Å². The quantitative estimate of drug-likeness (QED) is 0.824. The smallest absolute Gasteiger partial charge is 0.337 e. The predicted octanol–water partition coefficient (Wildman–Crippen LogP) is 2.35. The van der Waals surface area contributed by atoms with Gasteiger partial charge in [0.25, 0.3) is 0 Å². The number of esters is 1. The fraction of sp³-hybridized carbons (Fsp3) is 0.211. The van der Waals surface area contributed by atoms with Gasteiger partial charge in [-0.15, -0.1) is 0 Å². The number of carbonyl (C=O) groups excluding carboxylic acids is 3. The number of rotatable bonds is 4. The van der Waals surface area contributed by atoms with Crippen molar-refractivity contribution in [1.82, 2.24) is 5.32 Å². The first-order valence-corrected chi connectivity index (χ1v) is 8.02. The number of fused-ring (bicyclic) bond motifs is 1. The molecule has 134 valence electrons. The van der Waals surface area contributed by atoms with Crippen molar-refractivity contribution in [2.75, 3.05) is 12.4 Å². The Morgan fingerprint density at radius 2 is 1.96 bits per heavy atom. The van der Waals surface area contributed by atoms with Gasteiger partial charge in [-0.05, 0) is 35.4 Å². The molecule has 0 fully saturated rings. The number of carbonyl (C=O) groups is 3. The molecule has 0 bridgehead atoms. The molecule has 1 aliphatic rings. The number of amides is 2. The minimum atomic E-state index is -0.673. The molecule has 0 saturated heterocycles. The van der Waals surface area contributed by atoms with E-state index < -0.39 is 17.7 Å². The second-order valence-corrected chi connectivity index (χ2v) is 5.94. The average Bonchev–Trinajstić information content (AvgIpc) is 2.64. The Morgan fingerprint density at radius 1 is 1.23 bits per heavy atom. The van der Waals surface area contributed by atoms with E-state index >= 15 is 0 Å². The number of methoxy groups -OCH3 is 1. The van der Waals surface area contributed by atoms with Gasteiger partial charge in [-0.3, -0.25) is 9.59 Å². The van der Waals surface area contributed by atoms with Crippen molar-refractivity contribution in [3.8, 4) is 0 Å². The summed E-state index contributed by atoms with van der Waals surface area (Å²) in [4.78, 5) is 35.7. The van der Waals surface area contributed by atoms with E-state index in [2.05, 4.69) is 15.4 Å². The second kappa shape index (κ2) is 7.35. The summed E-state index contributed by atoms with van der Waals surface area (Å²) in [7, 11) is 1.31. The molecule has 0 aliphatic carbocycles. The molecule has 2 N–H and O–H groups in total. The molecule has 3 rings (SSSR count). The van der Waals surface area contributed by atoms with Gasteiger partial charge in [-0.1, -0.05) is 18.2 Å². The molecule has 2 aromatic carbocycles. The van der Waals surface area contributed by atoms with Gasteiger partial charge in [0.2, 0.25) is 11.8 Å². The van der Waals surface area contributed by atoms with Crippen LogP contribution in [-0.2, 0) is 20.9 Å². The van der Waals surface area contributed by atoms with Crippen LogP contribution < -0.4 is 10.6 Å². The van der Waals surface area contributed by atoms with Crippen LogP contribution in [0.25, 0.3) is 0 Å². The Hall–Kier alpha value is -3.22. The van der Waals surface area contributed by atoms with Crippen molar-refractivity contribution in [3.05, 3.63) is 65.0 Å². The average molecular weight is 356 g/mol. The van der Waals surface area contributed by atoms with Gasteiger partial charge in [-0.25, -0.2) is 9.18 Å². The van der Waals surface area contributed by atoms with E-state index in [4.69, 9.17) is 0 Å². The van der Waals surface area contributed by atoms with Gasteiger partial charge < -0.3 is 15.4 Å². The van der Waals surface area contributed by atoms with Crippen LogP contribution in [0.1, 0.15) is 33.8 Å². The molecule has 2 aromatic rings. The maximum Gasteiger partial charge on any atom is 0.337 e. The second-order valence-electron chi connectivity index (χ2n) is 5.94. The number of ether oxygens (including phenoxy) is 1. The summed E-state index contributed by atoms with van der Waals surface area (Å²) in [5.74, 6) is -2.22. The highest BCUT2D eigenvalue weighted by Crippen LogP contribution is 2.32. The van der Waals surface area contributed by atoms with Crippen molar-refractivity contribution < 1.29 is 23.5 Å². The third-order valence-corrected chi connectivity index (χ3v) is 4.21. The molecule has 0 saturated carbocycles. The zero-order valence-electron chi connectivity index (χ0n) is 14.0. The highest BCUT2D eigenvalue weighted by molar-refractivity contribution is 6.01. The molecular formula is C19H17FN2O4. The lowest BCUT2D eigenvalue weighted by Crippen LogP contribution is -2.34. The number of anilines is 1. The van der Waals surface area contributed by atoms with Crippen molar-refractivity contribution in [3.63, 3.8) is 0 Å². The molecule has 7 heteroatoms. The Bertz CT molecular complexity index is 864. The summed E-state index contributed by atoms with van der Waals surface area (Å²) in [6, 6.07) is 10.6. The van der Waals surface area contributed by atoms with Crippen molar-refractivity contribution in [2.45, 2.75) is 18.9 Å². The Kier molecular flexibility index (Phi) is 4.97. The van der Waals surface area contributed by atoms with E-state index in [0.717, 1.165) is 5.56 Å². The van der Waals surface area contributed by atoms with Gasteiger partial charge in [0.1, 0.15) is 5.82 Å². The standard InChI is InChI=1S/C19H17FN2O4/c1-26-19(25)12-4-2-11(3-5-12)10-21-18(24)15-9-17(23)22-16-8-13(20)6-7-14(15)16/h2-8,15H,9-10H2,1H3,(H,21,24)(H,22,23). The third kappa shape index (κ3) is 3.72. The van der Waals surface area contributed by atoms with Gasteiger partial charge >= 0.3 is 5.97 Å². The highest BCUT2D eigenvalue weighted by atomic mass is 19.1. The molecule has 0 radical (unpaired) electrons. The molecule has 6 nitrogen and oxygen atoms in total. The number of nitrogens with one attached hydrogen (secondary N) is 2. The zero-order chi connectivity index (χ0) is 18.7. The SMILES string of the molecule is COC(=O)c1ccc(CNC(=O)C2CC(=O)Nc3cc(F)ccc32)cc1. The number of hydrogen-bond donors (Lipinski definition) is 2. The number of hydrogen-bond acceptors (Lipinski definition) is 4. The van der Waals surface area contributed by atoms with E-state index in [-0.39, 0.29) is 24.8 Å². The molecule has 0 aromatic heterocycles. The first kappa shape index (κ1) is 17.6. The van der Waals surface area contributed by atoms with Crippen LogP contribution in [0.5, 0.6) is 0 Å². The molecule has 0 spiro atoms. The van der Waals surface area contributed by atoms with Crippen molar-refractivity contribution in [1.29, 1.82) is 0 Å². The van der Waals surface area contributed by atoms with Crippen LogP contribution >= 0.6 is 0 Å². The number of benzene rings is 2. The molecular weight excluding hydrogens is 339 g/mol. The minimum Gasteiger partial charge on any atom is -0.465 e. The maximum atomic E-state index is 13.3. The number of halogens is 1. The summed E-state index contributed by atoms with van der Waals surface area (Å²) >= 11 is 0. The molecule has 1 aliphatic heterocycles. The summed E-state index contributed by atoms with van der Waals surface area (Å²) in [6.07, 6.45) is 0.00570. The van der Waals surface area contributed by atoms with E-state index in [0.29, 0.717) is 16.8 Å². The third-order valence-electron chi connectivity index (χ3n) is 4.21. The van der Waals surface area contributed by atoms with Crippen molar-refractivity contribution >= 4 is 23.5 Å². The molecule has 26 heavy (non-hydrogen) atoms. The highest BCUT2D eigenvalue weighted by Gasteiger charge is 2.30. The van der Waals surface area contributed by atoms with Crippen LogP contribution in [0.4, 0.5) is 10.1 Å². The van der Waals surface area contributed by atoms with Crippen LogP contribution in [0.3, 0.4) is 0 Å². The summed E-state index contributed by atoms with van der Waals surface area (Å²) in [5, 5.41) is 5.36. The molecule has 1 heterocycles. The normalized spacial score (nSPS) is 15.6. The van der Waals surface area contributed by atoms with Crippen LogP contribution in [0.15, 0.2) is 42.5 Å². The van der Waals surface area contributed by atoms with Gasteiger partial charge in [0.15, 0.2) is 0 Å². The fourth-order valence-corrected chi connectivity index (χ4v) is 2.86. The molecule has 2 amide bonds.